The van der Waals surface area contributed by atoms with Crippen LogP contribution >= 0.6 is 0 Å². The lowest BCUT2D eigenvalue weighted by atomic mass is 10.1. The molecule has 6 nitrogen and oxygen atoms in total. The van der Waals surface area contributed by atoms with E-state index in [1.165, 1.54) is 0 Å². The summed E-state index contributed by atoms with van der Waals surface area (Å²) in [5.41, 5.74) is 2.20. The second-order valence-corrected chi connectivity index (χ2v) is 6.37. The first-order chi connectivity index (χ1) is 13.7. The van der Waals surface area contributed by atoms with Gasteiger partial charge in [0.15, 0.2) is 6.61 Å². The van der Waals surface area contributed by atoms with E-state index in [0.29, 0.717) is 25.3 Å². The SMILES string of the molecule is COCCN(Cc1ccccc1)C(=O)COC(=O)C1=Cc2ccccc2OC1. The Morgan fingerprint density at radius 2 is 1.82 bits per heavy atom. The molecule has 1 heterocycles. The van der Waals surface area contributed by atoms with Crippen LogP contribution in [-0.2, 0) is 25.6 Å². The number of rotatable bonds is 8. The van der Waals surface area contributed by atoms with Crippen molar-refractivity contribution in [2.24, 2.45) is 0 Å². The summed E-state index contributed by atoms with van der Waals surface area (Å²) in [5.74, 6) is -0.0926. The van der Waals surface area contributed by atoms with Gasteiger partial charge >= 0.3 is 5.97 Å². The van der Waals surface area contributed by atoms with Crippen LogP contribution in [0.25, 0.3) is 6.08 Å². The molecule has 0 fully saturated rings. The molecule has 0 spiro atoms. The Labute approximate surface area is 164 Å². The predicted octanol–water partition coefficient (Wildman–Crippen LogP) is 2.68. The third kappa shape index (κ3) is 5.20. The lowest BCUT2D eigenvalue weighted by Crippen LogP contribution is -2.37. The first-order valence-electron chi connectivity index (χ1n) is 9.07. The van der Waals surface area contributed by atoms with Gasteiger partial charge in [-0.05, 0) is 17.7 Å². The zero-order chi connectivity index (χ0) is 19.8. The van der Waals surface area contributed by atoms with Gasteiger partial charge in [0.2, 0.25) is 0 Å². The normalized spacial score (nSPS) is 12.4. The Balaban J connectivity index is 1.59. The largest absolute Gasteiger partial charge is 0.488 e. The first kappa shape index (κ1) is 19.6. The van der Waals surface area contributed by atoms with E-state index in [9.17, 15) is 9.59 Å². The van der Waals surface area contributed by atoms with Crippen molar-refractivity contribution >= 4 is 18.0 Å². The van der Waals surface area contributed by atoms with Gasteiger partial charge in [0, 0.05) is 25.8 Å². The molecular formula is C22H23NO5. The number of fused-ring (bicyclic) bond motifs is 1. The van der Waals surface area contributed by atoms with Crippen LogP contribution in [0.2, 0.25) is 0 Å². The molecule has 0 aliphatic carbocycles. The van der Waals surface area contributed by atoms with Gasteiger partial charge in [-0.1, -0.05) is 48.5 Å². The summed E-state index contributed by atoms with van der Waals surface area (Å²) in [7, 11) is 1.58. The Kier molecular flexibility index (Phi) is 6.81. The van der Waals surface area contributed by atoms with Crippen LogP contribution in [0.15, 0.2) is 60.2 Å². The number of amides is 1. The third-order valence-electron chi connectivity index (χ3n) is 4.36. The number of hydrogen-bond acceptors (Lipinski definition) is 5. The summed E-state index contributed by atoms with van der Waals surface area (Å²) in [6.07, 6.45) is 1.73. The fourth-order valence-electron chi connectivity index (χ4n) is 2.84. The van der Waals surface area contributed by atoms with E-state index in [-0.39, 0.29) is 19.1 Å². The maximum Gasteiger partial charge on any atom is 0.338 e. The minimum atomic E-state index is -0.547. The first-order valence-corrected chi connectivity index (χ1v) is 9.07. The van der Waals surface area contributed by atoms with Crippen molar-refractivity contribution in [2.75, 3.05) is 33.5 Å². The molecule has 2 aromatic rings. The summed E-state index contributed by atoms with van der Waals surface area (Å²) in [6, 6.07) is 17.1. The van der Waals surface area contributed by atoms with E-state index in [1.54, 1.807) is 18.1 Å². The number of carbonyl (C=O) groups is 2. The minimum Gasteiger partial charge on any atom is -0.488 e. The van der Waals surface area contributed by atoms with E-state index in [2.05, 4.69) is 0 Å². The van der Waals surface area contributed by atoms with E-state index in [0.717, 1.165) is 16.9 Å². The Bertz CT molecular complexity index is 847. The third-order valence-corrected chi connectivity index (χ3v) is 4.36. The fraction of sp³-hybridized carbons (Fsp3) is 0.273. The molecule has 6 heteroatoms. The highest BCUT2D eigenvalue weighted by Gasteiger charge is 2.21. The van der Waals surface area contributed by atoms with Gasteiger partial charge in [0.05, 0.1) is 12.2 Å². The molecule has 146 valence electrons. The number of carbonyl (C=O) groups excluding carboxylic acids is 2. The van der Waals surface area contributed by atoms with E-state index in [1.807, 2.05) is 54.6 Å². The number of hydrogen-bond donors (Lipinski definition) is 0. The molecule has 0 N–H and O–H groups in total. The topological polar surface area (TPSA) is 65.1 Å². The quantitative estimate of drug-likeness (QED) is 0.658. The molecule has 28 heavy (non-hydrogen) atoms. The van der Waals surface area contributed by atoms with Crippen LogP contribution in [0.1, 0.15) is 11.1 Å². The highest BCUT2D eigenvalue weighted by atomic mass is 16.5. The zero-order valence-corrected chi connectivity index (χ0v) is 15.8. The molecule has 0 radical (unpaired) electrons. The van der Waals surface area contributed by atoms with E-state index >= 15 is 0 Å². The minimum absolute atomic E-state index is 0.126. The molecule has 3 rings (SSSR count). The van der Waals surface area contributed by atoms with Crippen LogP contribution < -0.4 is 4.74 Å². The van der Waals surface area contributed by atoms with Crippen molar-refractivity contribution in [3.8, 4) is 5.75 Å². The second-order valence-electron chi connectivity index (χ2n) is 6.37. The van der Waals surface area contributed by atoms with Gasteiger partial charge in [-0.2, -0.15) is 0 Å². The van der Waals surface area contributed by atoms with Gasteiger partial charge in [-0.25, -0.2) is 4.79 Å². The van der Waals surface area contributed by atoms with Crippen molar-refractivity contribution in [1.82, 2.24) is 4.90 Å². The predicted molar refractivity (Wildman–Crippen MR) is 105 cm³/mol. The highest BCUT2D eigenvalue weighted by molar-refractivity contribution is 5.96. The smallest absolute Gasteiger partial charge is 0.338 e. The van der Waals surface area contributed by atoms with Gasteiger partial charge in [-0.15, -0.1) is 0 Å². The number of methoxy groups -OCH3 is 1. The number of ether oxygens (including phenoxy) is 3. The molecule has 1 aliphatic rings. The Morgan fingerprint density at radius 3 is 2.61 bits per heavy atom. The average molecular weight is 381 g/mol. The fourth-order valence-corrected chi connectivity index (χ4v) is 2.84. The summed E-state index contributed by atoms with van der Waals surface area (Å²) in [5, 5.41) is 0. The Hall–Kier alpha value is -3.12. The molecule has 0 bridgehead atoms. The lowest BCUT2D eigenvalue weighted by Gasteiger charge is -2.23. The van der Waals surface area contributed by atoms with Gasteiger partial charge in [0.1, 0.15) is 12.4 Å². The second kappa shape index (κ2) is 9.71. The molecule has 0 saturated heterocycles. The number of benzene rings is 2. The summed E-state index contributed by atoms with van der Waals surface area (Å²) < 4.78 is 15.9. The summed E-state index contributed by atoms with van der Waals surface area (Å²) >= 11 is 0. The van der Waals surface area contributed by atoms with Crippen LogP contribution in [-0.4, -0.2) is 50.3 Å². The van der Waals surface area contributed by atoms with Crippen molar-refractivity contribution in [1.29, 1.82) is 0 Å². The van der Waals surface area contributed by atoms with Gasteiger partial charge in [0.25, 0.3) is 5.91 Å². The maximum atomic E-state index is 12.6. The van der Waals surface area contributed by atoms with Gasteiger partial charge in [-0.3, -0.25) is 4.79 Å². The summed E-state index contributed by atoms with van der Waals surface area (Å²) in [4.78, 5) is 26.5. The van der Waals surface area contributed by atoms with Crippen LogP contribution in [0.5, 0.6) is 5.75 Å². The van der Waals surface area contributed by atoms with Crippen LogP contribution in [0, 0.1) is 0 Å². The lowest BCUT2D eigenvalue weighted by molar-refractivity contribution is -0.149. The molecule has 2 aromatic carbocycles. The molecule has 0 aromatic heterocycles. The van der Waals surface area contributed by atoms with Crippen molar-refractivity contribution < 1.29 is 23.8 Å². The standard InChI is InChI=1S/C22H23NO5/c1-26-12-11-23(14-17-7-3-2-4-8-17)21(24)16-28-22(25)19-13-18-9-5-6-10-20(18)27-15-19/h2-10,13H,11-12,14-16H2,1H3. The Morgan fingerprint density at radius 1 is 1.07 bits per heavy atom. The van der Waals surface area contributed by atoms with Crippen molar-refractivity contribution in [3.63, 3.8) is 0 Å². The molecular weight excluding hydrogens is 358 g/mol. The van der Waals surface area contributed by atoms with E-state index in [4.69, 9.17) is 14.2 Å². The molecule has 0 atom stereocenters. The number of esters is 1. The molecule has 1 aliphatic heterocycles. The number of para-hydroxylation sites is 1. The monoisotopic (exact) mass is 381 g/mol. The average Bonchev–Trinajstić information content (AvgIpc) is 2.75. The molecule has 0 saturated carbocycles. The van der Waals surface area contributed by atoms with Crippen molar-refractivity contribution in [2.45, 2.75) is 6.54 Å². The van der Waals surface area contributed by atoms with Crippen LogP contribution in [0.4, 0.5) is 0 Å². The van der Waals surface area contributed by atoms with Crippen molar-refractivity contribution in [3.05, 3.63) is 71.3 Å². The van der Waals surface area contributed by atoms with Gasteiger partial charge < -0.3 is 19.1 Å². The maximum absolute atomic E-state index is 12.6. The summed E-state index contributed by atoms with van der Waals surface area (Å²) in [6.45, 7) is 1.05. The highest BCUT2D eigenvalue weighted by Crippen LogP contribution is 2.26. The molecule has 1 amide bonds. The zero-order valence-electron chi connectivity index (χ0n) is 15.8. The van der Waals surface area contributed by atoms with Crippen LogP contribution in [0.3, 0.4) is 0 Å². The molecule has 0 unspecified atom stereocenters. The van der Waals surface area contributed by atoms with E-state index < -0.39 is 5.97 Å². The number of nitrogens with zero attached hydrogens (tertiary/aromatic N) is 1.